The highest BCUT2D eigenvalue weighted by molar-refractivity contribution is 7.89. The van der Waals surface area contributed by atoms with E-state index in [9.17, 15) is 8.42 Å². The molecule has 0 spiro atoms. The first-order valence-corrected chi connectivity index (χ1v) is 11.2. The average molecular weight is 412 g/mol. The van der Waals surface area contributed by atoms with E-state index >= 15 is 0 Å². The molecule has 2 heterocycles. The molecule has 6 nitrogen and oxygen atoms in total. The summed E-state index contributed by atoms with van der Waals surface area (Å²) in [5.41, 5.74) is 1.55. The van der Waals surface area contributed by atoms with Crippen LogP contribution in [0.15, 0.2) is 65.7 Å². The Bertz CT molecular complexity index is 1080. The number of aryl methyl sites for hydroxylation is 1. The van der Waals surface area contributed by atoms with Gasteiger partial charge in [0, 0.05) is 44.3 Å². The summed E-state index contributed by atoms with van der Waals surface area (Å²) in [4.78, 5) is 6.92. The van der Waals surface area contributed by atoms with Gasteiger partial charge in [0.2, 0.25) is 10.0 Å². The van der Waals surface area contributed by atoms with E-state index in [2.05, 4.69) is 9.88 Å². The second kappa shape index (κ2) is 8.49. The van der Waals surface area contributed by atoms with Gasteiger partial charge in [0.1, 0.15) is 17.3 Å². The molecule has 1 aliphatic heterocycles. The fourth-order valence-electron chi connectivity index (χ4n) is 3.59. The zero-order valence-electron chi connectivity index (χ0n) is 16.5. The lowest BCUT2D eigenvalue weighted by Crippen LogP contribution is -2.49. The summed E-state index contributed by atoms with van der Waals surface area (Å²) in [6, 6.07) is 17.0. The summed E-state index contributed by atoms with van der Waals surface area (Å²) in [6.45, 7) is 5.63. The zero-order valence-corrected chi connectivity index (χ0v) is 17.3. The maximum atomic E-state index is 13.2. The fraction of sp³-hybridized carbons (Fsp3) is 0.318. The van der Waals surface area contributed by atoms with Crippen LogP contribution in [0.4, 0.5) is 0 Å². The maximum absolute atomic E-state index is 13.2. The van der Waals surface area contributed by atoms with Gasteiger partial charge >= 0.3 is 0 Å². The highest BCUT2D eigenvalue weighted by atomic mass is 32.2. The van der Waals surface area contributed by atoms with E-state index in [0.717, 1.165) is 23.2 Å². The molecule has 29 heavy (non-hydrogen) atoms. The van der Waals surface area contributed by atoms with E-state index in [1.165, 1.54) is 0 Å². The van der Waals surface area contributed by atoms with E-state index in [1.807, 2.05) is 49.4 Å². The van der Waals surface area contributed by atoms with E-state index in [0.29, 0.717) is 38.3 Å². The van der Waals surface area contributed by atoms with Crippen LogP contribution in [-0.2, 0) is 10.0 Å². The number of pyridine rings is 1. The zero-order chi connectivity index (χ0) is 20.3. The van der Waals surface area contributed by atoms with Crippen molar-refractivity contribution in [3.05, 3.63) is 66.4 Å². The number of rotatable bonds is 6. The minimum atomic E-state index is -3.58. The number of fused-ring (bicyclic) bond motifs is 1. The summed E-state index contributed by atoms with van der Waals surface area (Å²) in [6.07, 6.45) is 1.71. The van der Waals surface area contributed by atoms with E-state index in [1.54, 1.807) is 22.6 Å². The number of nitrogens with zero attached hydrogens (tertiary/aromatic N) is 3. The summed E-state index contributed by atoms with van der Waals surface area (Å²) in [7, 11) is -3.58. The Balaban J connectivity index is 1.39. The molecular formula is C22H25N3O3S. The molecule has 0 N–H and O–H groups in total. The van der Waals surface area contributed by atoms with Gasteiger partial charge in [-0.3, -0.25) is 9.88 Å². The van der Waals surface area contributed by atoms with Gasteiger partial charge in [0.15, 0.2) is 0 Å². The first kappa shape index (κ1) is 19.8. The van der Waals surface area contributed by atoms with Crippen molar-refractivity contribution < 1.29 is 13.2 Å². The van der Waals surface area contributed by atoms with Crippen molar-refractivity contribution in [2.75, 3.05) is 39.3 Å². The first-order chi connectivity index (χ1) is 14.0. The molecular weight excluding hydrogens is 386 g/mol. The van der Waals surface area contributed by atoms with Crippen LogP contribution in [-0.4, -0.2) is 61.9 Å². The van der Waals surface area contributed by atoms with Gasteiger partial charge in [-0.2, -0.15) is 4.31 Å². The lowest BCUT2D eigenvalue weighted by molar-refractivity contribution is 0.159. The van der Waals surface area contributed by atoms with Crippen molar-refractivity contribution in [1.82, 2.24) is 14.2 Å². The van der Waals surface area contributed by atoms with Crippen molar-refractivity contribution >= 4 is 20.9 Å². The Kier molecular flexibility index (Phi) is 5.80. The molecule has 0 unspecified atom stereocenters. The molecule has 0 bridgehead atoms. The van der Waals surface area contributed by atoms with E-state index < -0.39 is 10.0 Å². The standard InChI is InChI=1S/C22H25N3O3S/c1-18-16-19-6-5-9-21(22(19)23-17-18)29(26,27)25-12-10-24(11-13-25)14-15-28-20-7-3-2-4-8-20/h2-9,16-17H,10-15H2,1H3. The van der Waals surface area contributed by atoms with Crippen LogP contribution in [0.1, 0.15) is 5.56 Å². The van der Waals surface area contributed by atoms with E-state index in [-0.39, 0.29) is 4.90 Å². The Morgan fingerprint density at radius 2 is 1.76 bits per heavy atom. The van der Waals surface area contributed by atoms with Crippen LogP contribution in [0.2, 0.25) is 0 Å². The molecule has 2 aromatic carbocycles. The minimum Gasteiger partial charge on any atom is -0.492 e. The third-order valence-electron chi connectivity index (χ3n) is 5.18. The summed E-state index contributed by atoms with van der Waals surface area (Å²) >= 11 is 0. The number of aromatic nitrogens is 1. The van der Waals surface area contributed by atoms with Gasteiger partial charge in [0.25, 0.3) is 0 Å². The Labute approximate surface area is 171 Å². The second-order valence-electron chi connectivity index (χ2n) is 7.25. The highest BCUT2D eigenvalue weighted by Crippen LogP contribution is 2.25. The van der Waals surface area contributed by atoms with Gasteiger partial charge in [-0.25, -0.2) is 8.42 Å². The SMILES string of the molecule is Cc1cnc2c(S(=O)(=O)N3CCN(CCOc4ccccc4)CC3)cccc2c1. The molecule has 4 rings (SSSR count). The van der Waals surface area contributed by atoms with Gasteiger partial charge in [-0.15, -0.1) is 0 Å². The molecule has 0 amide bonds. The highest BCUT2D eigenvalue weighted by Gasteiger charge is 2.30. The summed E-state index contributed by atoms with van der Waals surface area (Å²) < 4.78 is 33.8. The molecule has 1 saturated heterocycles. The topological polar surface area (TPSA) is 62.7 Å². The minimum absolute atomic E-state index is 0.288. The van der Waals surface area contributed by atoms with Crippen LogP contribution in [0.5, 0.6) is 5.75 Å². The molecule has 0 aliphatic carbocycles. The molecule has 1 aliphatic rings. The largest absolute Gasteiger partial charge is 0.492 e. The third-order valence-corrected chi connectivity index (χ3v) is 7.11. The van der Waals surface area contributed by atoms with Crippen molar-refractivity contribution in [3.63, 3.8) is 0 Å². The number of piperazine rings is 1. The van der Waals surface area contributed by atoms with Crippen LogP contribution >= 0.6 is 0 Å². The molecule has 0 saturated carbocycles. The Hall–Kier alpha value is -2.48. The molecule has 3 aromatic rings. The lowest BCUT2D eigenvalue weighted by atomic mass is 10.2. The second-order valence-corrected chi connectivity index (χ2v) is 9.15. The fourth-order valence-corrected chi connectivity index (χ4v) is 5.18. The van der Waals surface area contributed by atoms with Crippen molar-refractivity contribution in [3.8, 4) is 5.75 Å². The van der Waals surface area contributed by atoms with Gasteiger partial charge < -0.3 is 4.74 Å². The van der Waals surface area contributed by atoms with E-state index in [4.69, 9.17) is 4.74 Å². The molecule has 0 radical (unpaired) electrons. The molecule has 152 valence electrons. The number of ether oxygens (including phenoxy) is 1. The van der Waals surface area contributed by atoms with Crippen LogP contribution < -0.4 is 4.74 Å². The summed E-state index contributed by atoms with van der Waals surface area (Å²) in [5, 5.41) is 0.850. The number of benzene rings is 2. The third kappa shape index (κ3) is 4.42. The van der Waals surface area contributed by atoms with Crippen LogP contribution in [0, 0.1) is 6.92 Å². The van der Waals surface area contributed by atoms with Crippen molar-refractivity contribution in [2.24, 2.45) is 0 Å². The van der Waals surface area contributed by atoms with Gasteiger partial charge in [-0.05, 0) is 36.8 Å². The monoisotopic (exact) mass is 411 g/mol. The first-order valence-electron chi connectivity index (χ1n) is 9.80. The Morgan fingerprint density at radius 3 is 2.52 bits per heavy atom. The lowest BCUT2D eigenvalue weighted by Gasteiger charge is -2.33. The van der Waals surface area contributed by atoms with Gasteiger partial charge in [-0.1, -0.05) is 30.3 Å². The van der Waals surface area contributed by atoms with Crippen LogP contribution in [0.25, 0.3) is 10.9 Å². The number of hydrogen-bond donors (Lipinski definition) is 0. The van der Waals surface area contributed by atoms with Crippen molar-refractivity contribution in [1.29, 1.82) is 0 Å². The number of para-hydroxylation sites is 2. The average Bonchev–Trinajstić information content (AvgIpc) is 2.74. The number of hydrogen-bond acceptors (Lipinski definition) is 5. The number of sulfonamides is 1. The quantitative estimate of drug-likeness (QED) is 0.624. The molecule has 7 heteroatoms. The maximum Gasteiger partial charge on any atom is 0.245 e. The van der Waals surface area contributed by atoms with Crippen LogP contribution in [0.3, 0.4) is 0 Å². The predicted octanol–water partition coefficient (Wildman–Crippen LogP) is 2.93. The normalized spacial score (nSPS) is 16.2. The molecule has 1 fully saturated rings. The predicted molar refractivity (Wildman–Crippen MR) is 114 cm³/mol. The van der Waals surface area contributed by atoms with Crippen molar-refractivity contribution in [2.45, 2.75) is 11.8 Å². The van der Waals surface area contributed by atoms with Gasteiger partial charge in [0.05, 0.1) is 5.52 Å². The Morgan fingerprint density at radius 1 is 1.00 bits per heavy atom. The molecule has 1 aromatic heterocycles. The summed E-state index contributed by atoms with van der Waals surface area (Å²) in [5.74, 6) is 0.854. The smallest absolute Gasteiger partial charge is 0.245 e. The molecule has 0 atom stereocenters.